The summed E-state index contributed by atoms with van der Waals surface area (Å²) in [6.07, 6.45) is 0.666. The van der Waals surface area contributed by atoms with E-state index in [1.54, 1.807) is 20.8 Å². The average Bonchev–Trinajstić information content (AvgIpc) is 2.67. The molecular weight excluding hydrogens is 416 g/mol. The Morgan fingerprint density at radius 3 is 2.39 bits per heavy atom. The van der Waals surface area contributed by atoms with Crippen molar-refractivity contribution in [3.05, 3.63) is 29.8 Å². The number of carbonyl (C=O) groups excluding carboxylic acids is 3. The number of hydrazine groups is 1. The Labute approximate surface area is 189 Å². The Balaban J connectivity index is 2.42. The second-order valence-corrected chi connectivity index (χ2v) is 9.58. The van der Waals surface area contributed by atoms with E-state index in [9.17, 15) is 14.4 Å². The molecule has 3 amide bonds. The van der Waals surface area contributed by atoms with Gasteiger partial charge in [0.2, 0.25) is 0 Å². The highest BCUT2D eigenvalue weighted by atomic mass is 32.2. The second kappa shape index (κ2) is 13.1. The number of anilines is 1. The van der Waals surface area contributed by atoms with Gasteiger partial charge in [-0.05, 0) is 51.2 Å². The number of para-hydroxylation sites is 1. The van der Waals surface area contributed by atoms with Crippen molar-refractivity contribution in [2.75, 3.05) is 17.6 Å². The van der Waals surface area contributed by atoms with Crippen LogP contribution in [-0.4, -0.2) is 41.2 Å². The summed E-state index contributed by atoms with van der Waals surface area (Å²) in [5.41, 5.74) is 6.38. The lowest BCUT2D eigenvalue weighted by atomic mass is 10.0. The highest BCUT2D eigenvalue weighted by Crippen LogP contribution is 2.15. The Morgan fingerprint density at radius 1 is 1.10 bits per heavy atom. The number of hydrogen-bond acceptors (Lipinski definition) is 6. The maximum atomic E-state index is 12.5. The number of benzene rings is 1. The third-order valence-corrected chi connectivity index (χ3v) is 4.82. The van der Waals surface area contributed by atoms with Crippen LogP contribution in [0.4, 0.5) is 15.3 Å². The number of carbonyl (C=O) groups is 3. The van der Waals surface area contributed by atoms with Crippen LogP contribution in [0.25, 0.3) is 0 Å². The number of thioether (sulfide) groups is 1. The summed E-state index contributed by atoms with van der Waals surface area (Å²) < 4.78 is 5.22. The standard InChI is InChI=1S/C22H36N4O4S/c1-7-16-10-8-9-11-17(16)23-12-13-31-21(29)26-25-19(27)18(14-15(2)3)24-20(28)30-22(4,5)6/h8-11,15,18,23H,7,12-14H2,1-6H3,(H,24,28)(H,25,27)(H,26,29)/t18-/m0/s1. The number of ether oxygens (including phenoxy) is 1. The van der Waals surface area contributed by atoms with Crippen molar-refractivity contribution in [2.24, 2.45) is 5.92 Å². The summed E-state index contributed by atoms with van der Waals surface area (Å²) in [6.45, 7) is 11.8. The molecular formula is C22H36N4O4S. The van der Waals surface area contributed by atoms with Gasteiger partial charge < -0.3 is 15.4 Å². The number of amides is 3. The van der Waals surface area contributed by atoms with Gasteiger partial charge in [0.05, 0.1) is 0 Å². The summed E-state index contributed by atoms with van der Waals surface area (Å²) >= 11 is 1.06. The fraction of sp³-hybridized carbons (Fsp3) is 0.591. The number of hydrogen-bond donors (Lipinski definition) is 4. The predicted octanol–water partition coefficient (Wildman–Crippen LogP) is 4.07. The predicted molar refractivity (Wildman–Crippen MR) is 126 cm³/mol. The molecule has 0 spiro atoms. The zero-order chi connectivity index (χ0) is 23.4. The van der Waals surface area contributed by atoms with E-state index in [2.05, 4.69) is 34.5 Å². The number of nitrogens with one attached hydrogen (secondary N) is 4. The second-order valence-electron chi connectivity index (χ2n) is 8.52. The molecule has 1 atom stereocenters. The van der Waals surface area contributed by atoms with E-state index in [-0.39, 0.29) is 11.2 Å². The molecule has 0 aliphatic heterocycles. The minimum Gasteiger partial charge on any atom is -0.444 e. The first-order valence-electron chi connectivity index (χ1n) is 10.6. The van der Waals surface area contributed by atoms with E-state index < -0.39 is 23.6 Å². The lowest BCUT2D eigenvalue weighted by Crippen LogP contribution is -2.52. The first kappa shape index (κ1) is 26.6. The number of rotatable bonds is 9. The lowest BCUT2D eigenvalue weighted by molar-refractivity contribution is -0.124. The monoisotopic (exact) mass is 452 g/mol. The van der Waals surface area contributed by atoms with Gasteiger partial charge in [-0.25, -0.2) is 4.79 Å². The molecule has 1 aromatic rings. The van der Waals surface area contributed by atoms with Crippen molar-refractivity contribution in [1.82, 2.24) is 16.2 Å². The average molecular weight is 453 g/mol. The molecule has 0 saturated heterocycles. The van der Waals surface area contributed by atoms with Crippen LogP contribution in [0.5, 0.6) is 0 Å². The molecule has 0 aliphatic carbocycles. The molecule has 31 heavy (non-hydrogen) atoms. The molecule has 0 radical (unpaired) electrons. The molecule has 174 valence electrons. The Bertz CT molecular complexity index is 734. The van der Waals surface area contributed by atoms with Crippen LogP contribution < -0.4 is 21.5 Å². The maximum absolute atomic E-state index is 12.5. The van der Waals surface area contributed by atoms with Crippen LogP contribution in [0.2, 0.25) is 0 Å². The van der Waals surface area contributed by atoms with Crippen molar-refractivity contribution in [3.63, 3.8) is 0 Å². The van der Waals surface area contributed by atoms with Crippen molar-refractivity contribution >= 4 is 34.7 Å². The van der Waals surface area contributed by atoms with Crippen LogP contribution in [-0.2, 0) is 16.0 Å². The van der Waals surface area contributed by atoms with Crippen molar-refractivity contribution in [2.45, 2.75) is 66.0 Å². The minimum absolute atomic E-state index is 0.160. The van der Waals surface area contributed by atoms with Crippen molar-refractivity contribution in [3.8, 4) is 0 Å². The van der Waals surface area contributed by atoms with Crippen LogP contribution in [0.1, 0.15) is 53.5 Å². The quantitative estimate of drug-likeness (QED) is 0.332. The zero-order valence-electron chi connectivity index (χ0n) is 19.3. The first-order valence-corrected chi connectivity index (χ1v) is 11.5. The van der Waals surface area contributed by atoms with Gasteiger partial charge in [0, 0.05) is 18.0 Å². The summed E-state index contributed by atoms with van der Waals surface area (Å²) in [5, 5.41) is 5.51. The van der Waals surface area contributed by atoms with Crippen LogP contribution in [0.15, 0.2) is 24.3 Å². The van der Waals surface area contributed by atoms with E-state index in [1.165, 1.54) is 5.56 Å². The molecule has 0 fully saturated rings. The summed E-state index contributed by atoms with van der Waals surface area (Å²) in [6, 6.07) is 7.23. The molecule has 1 rings (SSSR count). The van der Waals surface area contributed by atoms with E-state index in [1.807, 2.05) is 32.0 Å². The van der Waals surface area contributed by atoms with E-state index >= 15 is 0 Å². The summed E-state index contributed by atoms with van der Waals surface area (Å²) in [5.74, 6) is 0.196. The molecule has 0 saturated carbocycles. The van der Waals surface area contributed by atoms with Crippen LogP contribution in [0.3, 0.4) is 0 Å². The van der Waals surface area contributed by atoms with Crippen molar-refractivity contribution in [1.29, 1.82) is 0 Å². The van der Waals surface area contributed by atoms with E-state index in [4.69, 9.17) is 4.74 Å². The fourth-order valence-electron chi connectivity index (χ4n) is 2.72. The van der Waals surface area contributed by atoms with Gasteiger partial charge in [-0.2, -0.15) is 0 Å². The fourth-order valence-corrected chi connectivity index (χ4v) is 3.23. The topological polar surface area (TPSA) is 109 Å². The first-order chi connectivity index (χ1) is 14.5. The molecule has 0 heterocycles. The third kappa shape index (κ3) is 11.5. The highest BCUT2D eigenvalue weighted by Gasteiger charge is 2.25. The zero-order valence-corrected chi connectivity index (χ0v) is 20.2. The summed E-state index contributed by atoms with van der Waals surface area (Å²) in [4.78, 5) is 36.5. The van der Waals surface area contributed by atoms with E-state index in [0.717, 1.165) is 23.9 Å². The summed E-state index contributed by atoms with van der Waals surface area (Å²) in [7, 11) is 0. The van der Waals surface area contributed by atoms with Crippen LogP contribution >= 0.6 is 11.8 Å². The van der Waals surface area contributed by atoms with Gasteiger partial charge in [-0.1, -0.05) is 50.7 Å². The largest absolute Gasteiger partial charge is 0.444 e. The van der Waals surface area contributed by atoms with Gasteiger partial charge in [0.1, 0.15) is 11.6 Å². The Hall–Kier alpha value is -2.42. The third-order valence-electron chi connectivity index (χ3n) is 4.05. The molecule has 0 unspecified atom stereocenters. The minimum atomic E-state index is -0.813. The smallest absolute Gasteiger partial charge is 0.408 e. The molecule has 0 aromatic heterocycles. The van der Waals surface area contributed by atoms with Gasteiger partial charge in [0.15, 0.2) is 0 Å². The molecule has 8 nitrogen and oxygen atoms in total. The van der Waals surface area contributed by atoms with E-state index in [0.29, 0.717) is 18.7 Å². The highest BCUT2D eigenvalue weighted by molar-refractivity contribution is 8.13. The van der Waals surface area contributed by atoms with Crippen molar-refractivity contribution < 1.29 is 19.1 Å². The van der Waals surface area contributed by atoms with Gasteiger partial charge in [-0.15, -0.1) is 0 Å². The molecule has 0 bridgehead atoms. The number of aryl methyl sites for hydroxylation is 1. The van der Waals surface area contributed by atoms with Crippen LogP contribution in [0, 0.1) is 5.92 Å². The molecule has 9 heteroatoms. The Morgan fingerprint density at radius 2 is 1.77 bits per heavy atom. The molecule has 4 N–H and O–H groups in total. The maximum Gasteiger partial charge on any atom is 0.408 e. The van der Waals surface area contributed by atoms with Gasteiger partial charge in [0.25, 0.3) is 11.1 Å². The Kier molecular flexibility index (Phi) is 11.2. The van der Waals surface area contributed by atoms with Gasteiger partial charge >= 0.3 is 6.09 Å². The molecule has 1 aromatic carbocycles. The van der Waals surface area contributed by atoms with Gasteiger partial charge in [-0.3, -0.25) is 20.4 Å². The SMILES string of the molecule is CCc1ccccc1NCCSC(=O)NNC(=O)[C@H](CC(C)C)NC(=O)OC(C)(C)C. The number of alkyl carbamates (subject to hydrolysis) is 1. The lowest BCUT2D eigenvalue weighted by Gasteiger charge is -2.24. The molecule has 0 aliphatic rings. The normalized spacial score (nSPS) is 12.1.